The second-order valence-electron chi connectivity index (χ2n) is 3.99. The number of halogens is 3. The number of aryl methyl sites for hydroxylation is 1. The molecular weight excluding hydrogens is 263 g/mol. The highest BCUT2D eigenvalue weighted by Crippen LogP contribution is 2.40. The summed E-state index contributed by atoms with van der Waals surface area (Å²) >= 11 is 0. The summed E-state index contributed by atoms with van der Waals surface area (Å²) in [6.45, 7) is 3.35. The van der Waals surface area contributed by atoms with Gasteiger partial charge in [-0.25, -0.2) is 4.98 Å². The second-order valence-corrected chi connectivity index (χ2v) is 3.99. The molecule has 1 rings (SSSR count). The van der Waals surface area contributed by atoms with Gasteiger partial charge in [0, 0.05) is 26.0 Å². The number of hydrogen-bond acceptors (Lipinski definition) is 3. The third-order valence-electron chi connectivity index (χ3n) is 2.52. The van der Waals surface area contributed by atoms with Gasteiger partial charge < -0.3 is 15.0 Å². The summed E-state index contributed by atoms with van der Waals surface area (Å²) in [4.78, 5) is 14.9. The van der Waals surface area contributed by atoms with Gasteiger partial charge in [0.15, 0.2) is 5.82 Å². The van der Waals surface area contributed by atoms with Gasteiger partial charge in [0.1, 0.15) is 0 Å². The lowest BCUT2D eigenvalue weighted by molar-refractivity contribution is -0.271. The Morgan fingerprint density at radius 2 is 2.26 bits per heavy atom. The number of nitrogens with zero attached hydrogens (tertiary/aromatic N) is 2. The Morgan fingerprint density at radius 1 is 1.63 bits per heavy atom. The van der Waals surface area contributed by atoms with E-state index >= 15 is 0 Å². The molecule has 8 heteroatoms. The maximum atomic E-state index is 13.0. The van der Waals surface area contributed by atoms with E-state index in [1.54, 1.807) is 0 Å². The van der Waals surface area contributed by atoms with E-state index < -0.39 is 29.9 Å². The molecule has 106 valence electrons. The largest absolute Gasteiger partial charge is 0.425 e. The van der Waals surface area contributed by atoms with Crippen molar-refractivity contribution in [3.05, 3.63) is 30.9 Å². The number of nitrogens with one attached hydrogen (secondary N) is 1. The summed E-state index contributed by atoms with van der Waals surface area (Å²) < 4.78 is 40.1. The van der Waals surface area contributed by atoms with Gasteiger partial charge in [-0.1, -0.05) is 6.08 Å². The molecule has 19 heavy (non-hydrogen) atoms. The number of alkyl halides is 3. The fraction of sp³-hybridized carbons (Fsp3) is 0.455. The fourth-order valence-electron chi connectivity index (χ4n) is 1.55. The Bertz CT molecular complexity index is 470. The zero-order valence-electron chi connectivity index (χ0n) is 10.2. The lowest BCUT2D eigenvalue weighted by atomic mass is 9.97. The molecule has 0 aliphatic carbocycles. The number of aliphatic hydroxyl groups is 1. The van der Waals surface area contributed by atoms with Crippen molar-refractivity contribution in [3.8, 4) is 0 Å². The van der Waals surface area contributed by atoms with E-state index in [0.717, 1.165) is 10.8 Å². The predicted molar refractivity (Wildman–Crippen MR) is 61.0 cm³/mol. The molecule has 0 unspecified atom stereocenters. The first kappa shape index (κ1) is 15.2. The van der Waals surface area contributed by atoms with Crippen molar-refractivity contribution in [3.63, 3.8) is 0 Å². The van der Waals surface area contributed by atoms with Crippen molar-refractivity contribution < 1.29 is 23.1 Å². The van der Waals surface area contributed by atoms with Crippen LogP contribution in [0.1, 0.15) is 12.2 Å². The first-order chi connectivity index (χ1) is 8.72. The molecule has 1 atom stereocenters. The van der Waals surface area contributed by atoms with Crippen LogP contribution in [0, 0.1) is 0 Å². The van der Waals surface area contributed by atoms with Crippen molar-refractivity contribution in [1.29, 1.82) is 0 Å². The van der Waals surface area contributed by atoms with Gasteiger partial charge in [-0.15, -0.1) is 6.58 Å². The molecule has 0 radical (unpaired) electrons. The van der Waals surface area contributed by atoms with Crippen LogP contribution in [-0.2, 0) is 17.4 Å². The number of amides is 1. The lowest BCUT2D eigenvalue weighted by Gasteiger charge is -2.29. The molecule has 0 aliphatic rings. The van der Waals surface area contributed by atoms with Crippen LogP contribution in [-0.4, -0.2) is 33.3 Å². The third-order valence-corrected chi connectivity index (χ3v) is 2.52. The van der Waals surface area contributed by atoms with Crippen LogP contribution in [0.2, 0.25) is 0 Å². The van der Waals surface area contributed by atoms with E-state index in [1.165, 1.54) is 19.3 Å². The quantitative estimate of drug-likeness (QED) is 0.785. The van der Waals surface area contributed by atoms with E-state index in [2.05, 4.69) is 16.9 Å². The molecule has 0 saturated heterocycles. The Labute approximate surface area is 107 Å². The lowest BCUT2D eigenvalue weighted by Crippen LogP contribution is -2.47. The number of carbonyl (C=O) groups is 1. The van der Waals surface area contributed by atoms with Gasteiger partial charge in [-0.3, -0.25) is 4.79 Å². The van der Waals surface area contributed by atoms with E-state index in [9.17, 15) is 23.1 Å². The summed E-state index contributed by atoms with van der Waals surface area (Å²) in [5.41, 5.74) is -3.32. The highest BCUT2D eigenvalue weighted by atomic mass is 19.4. The molecule has 0 aliphatic heterocycles. The minimum Gasteiger partial charge on any atom is -0.374 e. The Kier molecular flexibility index (Phi) is 4.35. The fourth-order valence-corrected chi connectivity index (χ4v) is 1.55. The highest BCUT2D eigenvalue weighted by Gasteiger charge is 2.58. The Balaban J connectivity index is 3.05. The van der Waals surface area contributed by atoms with E-state index in [4.69, 9.17) is 0 Å². The summed E-state index contributed by atoms with van der Waals surface area (Å²) in [5, 5.41) is 12.1. The van der Waals surface area contributed by atoms with Crippen molar-refractivity contribution in [2.45, 2.75) is 18.2 Å². The van der Waals surface area contributed by atoms with Gasteiger partial charge in [0.05, 0.1) is 6.42 Å². The van der Waals surface area contributed by atoms with Gasteiger partial charge in [0.2, 0.25) is 11.5 Å². The number of carbonyl (C=O) groups excluding carboxylic acids is 1. The van der Waals surface area contributed by atoms with Crippen LogP contribution >= 0.6 is 0 Å². The molecule has 0 saturated carbocycles. The third kappa shape index (κ3) is 3.14. The van der Waals surface area contributed by atoms with E-state index in [0.29, 0.717) is 0 Å². The maximum Gasteiger partial charge on any atom is 0.425 e. The molecule has 0 aromatic carbocycles. The average molecular weight is 277 g/mol. The molecule has 0 fully saturated rings. The minimum absolute atomic E-state index is 0.0212. The van der Waals surface area contributed by atoms with Crippen LogP contribution < -0.4 is 5.32 Å². The molecule has 1 aromatic heterocycles. The molecule has 0 spiro atoms. The first-order valence-electron chi connectivity index (χ1n) is 5.37. The number of aromatic nitrogens is 2. The molecule has 5 nitrogen and oxygen atoms in total. The first-order valence-corrected chi connectivity index (χ1v) is 5.37. The summed E-state index contributed by atoms with van der Waals surface area (Å²) in [6, 6.07) is 0. The van der Waals surface area contributed by atoms with Crippen molar-refractivity contribution in [2.75, 3.05) is 6.54 Å². The zero-order chi connectivity index (χ0) is 14.7. The maximum absolute atomic E-state index is 13.0. The molecule has 1 amide bonds. The van der Waals surface area contributed by atoms with Crippen molar-refractivity contribution in [2.24, 2.45) is 7.05 Å². The summed E-state index contributed by atoms with van der Waals surface area (Å²) in [5.74, 6) is -1.57. The molecule has 0 bridgehead atoms. The van der Waals surface area contributed by atoms with Crippen LogP contribution in [0.25, 0.3) is 0 Å². The molecule has 2 N–H and O–H groups in total. The van der Waals surface area contributed by atoms with Crippen LogP contribution in [0.4, 0.5) is 13.2 Å². The van der Waals surface area contributed by atoms with Crippen LogP contribution in [0.5, 0.6) is 0 Å². The Hall–Kier alpha value is -1.83. The average Bonchev–Trinajstić information content (AvgIpc) is 2.71. The second kappa shape index (κ2) is 5.43. The molecule has 1 aromatic rings. The minimum atomic E-state index is -5.02. The molecule has 1 heterocycles. The van der Waals surface area contributed by atoms with E-state index in [-0.39, 0.29) is 6.54 Å². The van der Waals surface area contributed by atoms with Crippen LogP contribution in [0.3, 0.4) is 0 Å². The van der Waals surface area contributed by atoms with Crippen molar-refractivity contribution >= 4 is 5.91 Å². The smallest absolute Gasteiger partial charge is 0.374 e. The Morgan fingerprint density at radius 3 is 2.68 bits per heavy atom. The monoisotopic (exact) mass is 277 g/mol. The van der Waals surface area contributed by atoms with Gasteiger partial charge in [0.25, 0.3) is 0 Å². The SMILES string of the molecule is C=CCNC(=O)C[C@](O)(c1nccn1C)C(F)(F)F. The van der Waals surface area contributed by atoms with Crippen LogP contribution in [0.15, 0.2) is 25.0 Å². The predicted octanol–water partition coefficient (Wildman–Crippen LogP) is 0.862. The number of rotatable bonds is 5. The highest BCUT2D eigenvalue weighted by molar-refractivity contribution is 5.77. The topological polar surface area (TPSA) is 67.2 Å². The molecular formula is C11H14F3N3O2. The van der Waals surface area contributed by atoms with Crippen molar-refractivity contribution in [1.82, 2.24) is 14.9 Å². The standard InChI is InChI=1S/C11H14F3N3O2/c1-3-4-15-8(18)7-10(19,11(12,13)14)9-16-5-6-17(9)2/h3,5-6,19H,1,4,7H2,2H3,(H,15,18)/t10-/m0/s1. The van der Waals surface area contributed by atoms with E-state index in [1.807, 2.05) is 0 Å². The number of imidazole rings is 1. The van der Waals surface area contributed by atoms with Gasteiger partial charge in [-0.2, -0.15) is 13.2 Å². The number of hydrogen-bond donors (Lipinski definition) is 2. The summed E-state index contributed by atoms with van der Waals surface area (Å²) in [7, 11) is 1.31. The zero-order valence-corrected chi connectivity index (χ0v) is 10.2. The van der Waals surface area contributed by atoms with Gasteiger partial charge >= 0.3 is 6.18 Å². The van der Waals surface area contributed by atoms with Gasteiger partial charge in [-0.05, 0) is 0 Å². The normalized spacial score (nSPS) is 14.8. The summed E-state index contributed by atoms with van der Waals surface area (Å²) in [6.07, 6.45) is -2.47.